The van der Waals surface area contributed by atoms with Gasteiger partial charge in [0.2, 0.25) is 5.91 Å². The van der Waals surface area contributed by atoms with Crippen LogP contribution in [0.15, 0.2) is 16.9 Å². The molecule has 0 saturated heterocycles. The van der Waals surface area contributed by atoms with E-state index in [-0.39, 0.29) is 41.8 Å². The highest BCUT2D eigenvalue weighted by Gasteiger charge is 2.39. The molecule has 2 aliphatic heterocycles. The zero-order chi connectivity index (χ0) is 26.4. The van der Waals surface area contributed by atoms with E-state index in [1.807, 2.05) is 0 Å². The molecular formula is C26H23ClFN3O6. The number of carbonyl (C=O) groups is 2. The molecule has 2 aromatic heterocycles. The number of rotatable bonds is 3. The Labute approximate surface area is 214 Å². The molecule has 0 fully saturated rings. The number of aliphatic hydroxyl groups excluding tert-OH is 2. The zero-order valence-corrected chi connectivity index (χ0v) is 20.8. The predicted molar refractivity (Wildman–Crippen MR) is 130 cm³/mol. The fourth-order valence-electron chi connectivity index (χ4n) is 5.47. The number of nitrogens with zero attached hydrogens (tertiary/aromatic N) is 2. The lowest BCUT2D eigenvalue weighted by atomic mass is 9.82. The molecule has 2 unspecified atom stereocenters. The van der Waals surface area contributed by atoms with E-state index < -0.39 is 34.9 Å². The minimum absolute atomic E-state index is 0.00195. The summed E-state index contributed by atoms with van der Waals surface area (Å²) in [5.41, 5.74) is 1.96. The molecule has 37 heavy (non-hydrogen) atoms. The lowest BCUT2D eigenvalue weighted by Gasteiger charge is -2.32. The lowest BCUT2D eigenvalue weighted by Crippen LogP contribution is -2.42. The standard InChI is InChI=1S/C26H23ClFN3O6/c1-26(2,9-32)25(36)30-15-4-3-10-18-16(6-14(28)20(10)27)29-21-12(19(15)18)7-31-17(21)5-11-13(23(31)34)8-37-24(35)22(11)33/h5-6,15,22,32-33H,3-4,7-9H2,1-2H3,(H,30,36). The molecule has 0 radical (unpaired) electrons. The summed E-state index contributed by atoms with van der Waals surface area (Å²) in [5, 5.41) is 23.7. The second kappa shape index (κ2) is 8.08. The van der Waals surface area contributed by atoms with Gasteiger partial charge in [0.15, 0.2) is 6.10 Å². The Morgan fingerprint density at radius 2 is 2.05 bits per heavy atom. The number of amides is 1. The van der Waals surface area contributed by atoms with E-state index in [1.165, 1.54) is 10.6 Å². The largest absolute Gasteiger partial charge is 0.458 e. The monoisotopic (exact) mass is 527 g/mol. The number of hydrogen-bond donors (Lipinski definition) is 3. The summed E-state index contributed by atoms with van der Waals surface area (Å²) in [6.07, 6.45) is -0.767. The van der Waals surface area contributed by atoms with Gasteiger partial charge in [0.05, 0.1) is 52.1 Å². The first kappa shape index (κ1) is 24.0. The van der Waals surface area contributed by atoms with Gasteiger partial charge in [-0.15, -0.1) is 0 Å². The number of aryl methyl sites for hydroxylation is 1. The van der Waals surface area contributed by atoms with Crippen LogP contribution in [-0.2, 0) is 33.9 Å². The number of nitrogens with one attached hydrogen (secondary N) is 1. The van der Waals surface area contributed by atoms with Crippen molar-refractivity contribution in [1.29, 1.82) is 0 Å². The van der Waals surface area contributed by atoms with Crippen molar-refractivity contribution in [2.45, 2.75) is 52.0 Å². The third kappa shape index (κ3) is 3.36. The molecule has 11 heteroatoms. The maximum absolute atomic E-state index is 14.8. The van der Waals surface area contributed by atoms with Crippen molar-refractivity contribution in [2.24, 2.45) is 5.41 Å². The molecule has 3 N–H and O–H groups in total. The molecule has 192 valence electrons. The molecule has 2 atom stereocenters. The van der Waals surface area contributed by atoms with Crippen LogP contribution < -0.4 is 10.9 Å². The second-order valence-electron chi connectivity index (χ2n) is 10.4. The highest BCUT2D eigenvalue weighted by Crippen LogP contribution is 2.46. The van der Waals surface area contributed by atoms with Crippen molar-refractivity contribution in [2.75, 3.05) is 6.61 Å². The Bertz CT molecular complexity index is 1610. The summed E-state index contributed by atoms with van der Waals surface area (Å²) < 4.78 is 21.2. The van der Waals surface area contributed by atoms with E-state index in [4.69, 9.17) is 21.3 Å². The Hall–Kier alpha value is -3.34. The lowest BCUT2D eigenvalue weighted by molar-refractivity contribution is -0.157. The van der Waals surface area contributed by atoms with Gasteiger partial charge in [0.25, 0.3) is 5.56 Å². The van der Waals surface area contributed by atoms with E-state index in [0.717, 1.165) is 0 Å². The normalized spacial score (nSPS) is 19.8. The Balaban J connectivity index is 1.61. The number of aromatic nitrogens is 2. The fourth-order valence-corrected chi connectivity index (χ4v) is 5.71. The molecule has 3 aromatic rings. The molecule has 6 rings (SSSR count). The van der Waals surface area contributed by atoms with Crippen LogP contribution in [0.25, 0.3) is 22.3 Å². The van der Waals surface area contributed by atoms with Crippen molar-refractivity contribution in [3.8, 4) is 11.4 Å². The van der Waals surface area contributed by atoms with Crippen LogP contribution in [0.4, 0.5) is 4.39 Å². The average Bonchev–Trinajstić information content (AvgIpc) is 3.24. The molecule has 1 aromatic carbocycles. The number of fused-ring (bicyclic) bond motifs is 5. The van der Waals surface area contributed by atoms with Crippen molar-refractivity contribution < 1.29 is 28.9 Å². The van der Waals surface area contributed by atoms with Gasteiger partial charge in [-0.1, -0.05) is 11.6 Å². The van der Waals surface area contributed by atoms with E-state index >= 15 is 0 Å². The van der Waals surface area contributed by atoms with Gasteiger partial charge >= 0.3 is 5.97 Å². The number of carbonyl (C=O) groups excluding carboxylic acids is 2. The van der Waals surface area contributed by atoms with Gasteiger partial charge in [-0.3, -0.25) is 9.59 Å². The SMILES string of the molecule is CC(C)(CO)C(=O)NC1CCc2c(Cl)c(F)cc3nc4c(c1c23)Cn1c-4cc2c(c1=O)COC(=O)C2O. The minimum Gasteiger partial charge on any atom is -0.458 e. The van der Waals surface area contributed by atoms with Crippen LogP contribution in [0, 0.1) is 11.2 Å². The smallest absolute Gasteiger partial charge is 0.340 e. The predicted octanol–water partition coefficient (Wildman–Crippen LogP) is 2.43. The number of pyridine rings is 2. The van der Waals surface area contributed by atoms with Crippen molar-refractivity contribution >= 4 is 34.4 Å². The number of ether oxygens (including phenoxy) is 1. The quantitative estimate of drug-likeness (QED) is 0.349. The Kier molecular flexibility index (Phi) is 5.24. The average molecular weight is 528 g/mol. The van der Waals surface area contributed by atoms with Crippen molar-refractivity contribution in [1.82, 2.24) is 14.9 Å². The molecule has 0 bridgehead atoms. The summed E-state index contributed by atoms with van der Waals surface area (Å²) in [6.45, 7) is 2.80. The number of aliphatic hydroxyl groups is 2. The molecule has 3 aliphatic rings. The van der Waals surface area contributed by atoms with Crippen molar-refractivity contribution in [3.63, 3.8) is 0 Å². The van der Waals surface area contributed by atoms with Crippen molar-refractivity contribution in [3.05, 3.63) is 61.1 Å². The van der Waals surface area contributed by atoms with Gasteiger partial charge in [-0.25, -0.2) is 14.2 Å². The topological polar surface area (TPSA) is 131 Å². The van der Waals surface area contributed by atoms with Crippen LogP contribution in [0.5, 0.6) is 0 Å². The summed E-state index contributed by atoms with van der Waals surface area (Å²) in [7, 11) is 0. The third-order valence-corrected chi connectivity index (χ3v) is 8.03. The van der Waals surface area contributed by atoms with Gasteiger partial charge in [0.1, 0.15) is 12.4 Å². The molecule has 0 saturated carbocycles. The number of halogens is 2. The van der Waals surface area contributed by atoms with Crippen LogP contribution in [0.2, 0.25) is 5.02 Å². The van der Waals surface area contributed by atoms with E-state index in [2.05, 4.69) is 5.32 Å². The maximum Gasteiger partial charge on any atom is 0.340 e. The maximum atomic E-state index is 14.8. The van der Waals surface area contributed by atoms with E-state index in [0.29, 0.717) is 51.8 Å². The van der Waals surface area contributed by atoms with Crippen LogP contribution >= 0.6 is 11.6 Å². The minimum atomic E-state index is -1.60. The number of hydrogen-bond acceptors (Lipinski definition) is 7. The third-order valence-electron chi connectivity index (χ3n) is 7.63. The van der Waals surface area contributed by atoms with Gasteiger partial charge in [-0.2, -0.15) is 0 Å². The first-order valence-corrected chi connectivity index (χ1v) is 12.3. The molecule has 0 spiro atoms. The highest BCUT2D eigenvalue weighted by atomic mass is 35.5. The zero-order valence-electron chi connectivity index (χ0n) is 20.0. The van der Waals surface area contributed by atoms with Gasteiger partial charge < -0.3 is 24.8 Å². The summed E-state index contributed by atoms with van der Waals surface area (Å²) >= 11 is 6.36. The highest BCUT2D eigenvalue weighted by molar-refractivity contribution is 6.32. The molecular weight excluding hydrogens is 505 g/mol. The summed E-state index contributed by atoms with van der Waals surface area (Å²) in [6, 6.07) is 2.29. The fraction of sp³-hybridized carbons (Fsp3) is 0.385. The first-order chi connectivity index (χ1) is 17.5. The van der Waals surface area contributed by atoms with Crippen LogP contribution in [-0.4, -0.2) is 38.2 Å². The molecule has 9 nitrogen and oxygen atoms in total. The van der Waals surface area contributed by atoms with Gasteiger partial charge in [0, 0.05) is 22.6 Å². The summed E-state index contributed by atoms with van der Waals surface area (Å²) in [5.74, 6) is -1.81. The van der Waals surface area contributed by atoms with Crippen LogP contribution in [0.1, 0.15) is 60.2 Å². The Morgan fingerprint density at radius 3 is 2.78 bits per heavy atom. The Morgan fingerprint density at radius 1 is 1.30 bits per heavy atom. The molecule has 1 aliphatic carbocycles. The van der Waals surface area contributed by atoms with E-state index in [1.54, 1.807) is 19.9 Å². The molecule has 4 heterocycles. The second-order valence-corrected chi connectivity index (χ2v) is 10.7. The number of esters is 1. The number of benzene rings is 1. The summed E-state index contributed by atoms with van der Waals surface area (Å²) in [4.78, 5) is 43.1. The molecule has 1 amide bonds. The van der Waals surface area contributed by atoms with Gasteiger partial charge in [-0.05, 0) is 43.9 Å². The number of cyclic esters (lactones) is 1. The van der Waals surface area contributed by atoms with Crippen LogP contribution in [0.3, 0.4) is 0 Å². The van der Waals surface area contributed by atoms with E-state index in [9.17, 15) is 29.0 Å². The first-order valence-electron chi connectivity index (χ1n) is 11.9.